The van der Waals surface area contributed by atoms with Gasteiger partial charge in [-0.3, -0.25) is 4.57 Å². The molecule has 0 amide bonds. The van der Waals surface area contributed by atoms with E-state index >= 15 is 0 Å². The Hall–Kier alpha value is -4.96. The van der Waals surface area contributed by atoms with Crippen molar-refractivity contribution >= 4 is 54.4 Å². The molecule has 0 saturated carbocycles. The molecule has 0 aliphatic rings. The standard InChI is InChI=1S/C33H22N4/c1-20-15-16-28-26(19-20)29-31-23(17-18-34-31)22-11-5-6-12-24(22)32(29)37(28)33-35-27-14-8-7-13-25(27)30(36-33)21-9-3-2-4-10-21/h2-19,34H,1H3. The largest absolute Gasteiger partial charge is 0.361 e. The van der Waals surface area contributed by atoms with Crippen molar-refractivity contribution in [3.05, 3.63) is 115 Å². The lowest BCUT2D eigenvalue weighted by atomic mass is 10.0. The SMILES string of the molecule is Cc1ccc2c(c1)c1c3[nH]ccc3c3ccccc3c1n2-c1nc(-c2ccccc2)c2ccccc2n1. The van der Waals surface area contributed by atoms with Crippen LogP contribution in [0.3, 0.4) is 0 Å². The van der Waals surface area contributed by atoms with Crippen molar-refractivity contribution < 1.29 is 0 Å². The summed E-state index contributed by atoms with van der Waals surface area (Å²) in [4.78, 5) is 13.9. The number of hydrogen-bond donors (Lipinski definition) is 1. The normalized spacial score (nSPS) is 11.9. The van der Waals surface area contributed by atoms with E-state index in [-0.39, 0.29) is 0 Å². The molecule has 3 aromatic heterocycles. The molecule has 0 unspecified atom stereocenters. The first-order valence-corrected chi connectivity index (χ1v) is 12.5. The third-order valence-corrected chi connectivity index (χ3v) is 7.43. The molecule has 4 heteroatoms. The van der Waals surface area contributed by atoms with Gasteiger partial charge in [0.05, 0.1) is 27.8 Å². The van der Waals surface area contributed by atoms with E-state index < -0.39 is 0 Å². The molecule has 3 heterocycles. The number of H-pyrrole nitrogens is 1. The van der Waals surface area contributed by atoms with Crippen molar-refractivity contribution in [2.45, 2.75) is 6.92 Å². The van der Waals surface area contributed by atoms with Crippen LogP contribution < -0.4 is 0 Å². The van der Waals surface area contributed by atoms with Crippen LogP contribution in [0.5, 0.6) is 0 Å². The minimum Gasteiger partial charge on any atom is -0.361 e. The predicted molar refractivity (Wildman–Crippen MR) is 153 cm³/mol. The van der Waals surface area contributed by atoms with Gasteiger partial charge in [-0.1, -0.05) is 84.4 Å². The number of rotatable bonds is 2. The average molecular weight is 475 g/mol. The van der Waals surface area contributed by atoms with Crippen LogP contribution in [0.2, 0.25) is 0 Å². The van der Waals surface area contributed by atoms with E-state index in [1.54, 1.807) is 0 Å². The summed E-state index contributed by atoms with van der Waals surface area (Å²) in [5, 5.41) is 7.09. The molecule has 0 atom stereocenters. The summed E-state index contributed by atoms with van der Waals surface area (Å²) in [6, 6.07) is 36.1. The molecule has 4 nitrogen and oxygen atoms in total. The van der Waals surface area contributed by atoms with Crippen molar-refractivity contribution in [3.8, 4) is 17.2 Å². The first kappa shape index (κ1) is 20.3. The molecule has 0 bridgehead atoms. The van der Waals surface area contributed by atoms with Crippen LogP contribution in [0.15, 0.2) is 109 Å². The maximum absolute atomic E-state index is 5.25. The fraction of sp³-hybridized carbons (Fsp3) is 0.0303. The summed E-state index contributed by atoms with van der Waals surface area (Å²) in [5.41, 5.74) is 7.54. The zero-order chi connectivity index (χ0) is 24.5. The van der Waals surface area contributed by atoms with Gasteiger partial charge in [0.2, 0.25) is 5.95 Å². The summed E-state index contributed by atoms with van der Waals surface area (Å²) in [7, 11) is 0. The Labute approximate surface area is 212 Å². The van der Waals surface area contributed by atoms with Crippen LogP contribution in [-0.2, 0) is 0 Å². The summed E-state index contributed by atoms with van der Waals surface area (Å²) in [6.45, 7) is 2.15. The van der Waals surface area contributed by atoms with Gasteiger partial charge in [-0.05, 0) is 36.6 Å². The summed E-state index contributed by atoms with van der Waals surface area (Å²) < 4.78 is 2.26. The van der Waals surface area contributed by atoms with Gasteiger partial charge in [-0.2, -0.15) is 0 Å². The minimum absolute atomic E-state index is 0.678. The molecule has 1 N–H and O–H groups in total. The third-order valence-electron chi connectivity index (χ3n) is 7.43. The Morgan fingerprint density at radius 3 is 2.27 bits per heavy atom. The van der Waals surface area contributed by atoms with Crippen LogP contribution in [0, 0.1) is 6.92 Å². The van der Waals surface area contributed by atoms with Crippen molar-refractivity contribution in [2.24, 2.45) is 0 Å². The Balaban J connectivity index is 1.61. The van der Waals surface area contributed by atoms with Crippen molar-refractivity contribution in [2.75, 3.05) is 0 Å². The van der Waals surface area contributed by atoms with Crippen LogP contribution in [0.25, 0.3) is 71.6 Å². The fourth-order valence-corrected chi connectivity index (χ4v) is 5.83. The molecular formula is C33H22N4. The molecule has 5 aromatic carbocycles. The van der Waals surface area contributed by atoms with Crippen LogP contribution in [-0.4, -0.2) is 19.5 Å². The molecule has 0 saturated heterocycles. The highest BCUT2D eigenvalue weighted by Gasteiger charge is 2.22. The number of nitrogens with one attached hydrogen (secondary N) is 1. The third kappa shape index (κ3) is 2.84. The summed E-state index contributed by atoms with van der Waals surface area (Å²) in [5.74, 6) is 0.678. The quantitative estimate of drug-likeness (QED) is 0.274. The van der Waals surface area contributed by atoms with E-state index in [0.29, 0.717) is 5.95 Å². The Bertz CT molecular complexity index is 2150. The number of hydrogen-bond acceptors (Lipinski definition) is 2. The second kappa shape index (κ2) is 7.52. The number of benzene rings is 5. The van der Waals surface area contributed by atoms with Gasteiger partial charge >= 0.3 is 0 Å². The first-order chi connectivity index (χ1) is 18.3. The van der Waals surface area contributed by atoms with Gasteiger partial charge < -0.3 is 4.98 Å². The molecule has 0 aliphatic heterocycles. The van der Waals surface area contributed by atoms with E-state index in [2.05, 4.69) is 107 Å². The van der Waals surface area contributed by atoms with Gasteiger partial charge in [-0.15, -0.1) is 0 Å². The summed E-state index contributed by atoms with van der Waals surface area (Å²) in [6.07, 6.45) is 2.04. The zero-order valence-corrected chi connectivity index (χ0v) is 20.2. The molecule has 174 valence electrons. The Morgan fingerprint density at radius 1 is 0.649 bits per heavy atom. The van der Waals surface area contributed by atoms with Crippen LogP contribution >= 0.6 is 0 Å². The molecule has 8 aromatic rings. The van der Waals surface area contributed by atoms with Gasteiger partial charge in [0.15, 0.2) is 0 Å². The van der Waals surface area contributed by atoms with Gasteiger partial charge in [0.1, 0.15) is 0 Å². The molecule has 0 radical (unpaired) electrons. The minimum atomic E-state index is 0.678. The van der Waals surface area contributed by atoms with Gasteiger partial charge in [0, 0.05) is 38.7 Å². The molecule has 0 spiro atoms. The summed E-state index contributed by atoms with van der Waals surface area (Å²) >= 11 is 0. The highest BCUT2D eigenvalue weighted by Crippen LogP contribution is 2.42. The highest BCUT2D eigenvalue weighted by molar-refractivity contribution is 6.31. The maximum Gasteiger partial charge on any atom is 0.235 e. The van der Waals surface area contributed by atoms with E-state index in [4.69, 9.17) is 9.97 Å². The van der Waals surface area contributed by atoms with Crippen molar-refractivity contribution in [3.63, 3.8) is 0 Å². The number of para-hydroxylation sites is 1. The lowest BCUT2D eigenvalue weighted by Gasteiger charge is -2.13. The van der Waals surface area contributed by atoms with Crippen LogP contribution in [0.1, 0.15) is 5.56 Å². The number of aromatic amines is 1. The topological polar surface area (TPSA) is 46.5 Å². The Morgan fingerprint density at radius 2 is 1.41 bits per heavy atom. The van der Waals surface area contributed by atoms with E-state index in [1.807, 2.05) is 18.3 Å². The molecule has 0 aliphatic carbocycles. The van der Waals surface area contributed by atoms with Crippen molar-refractivity contribution in [1.82, 2.24) is 19.5 Å². The Kier molecular flexibility index (Phi) is 4.12. The fourth-order valence-electron chi connectivity index (χ4n) is 5.83. The van der Waals surface area contributed by atoms with Gasteiger partial charge in [-0.25, -0.2) is 9.97 Å². The molecule has 0 fully saturated rings. The molecular weight excluding hydrogens is 452 g/mol. The lowest BCUT2D eigenvalue weighted by Crippen LogP contribution is -2.03. The average Bonchev–Trinajstić information content (AvgIpc) is 3.56. The monoisotopic (exact) mass is 474 g/mol. The number of aryl methyl sites for hydroxylation is 1. The molecule has 37 heavy (non-hydrogen) atoms. The predicted octanol–water partition coefficient (Wildman–Crippen LogP) is 8.34. The second-order valence-electron chi connectivity index (χ2n) is 9.65. The number of fused-ring (bicyclic) bond motifs is 9. The first-order valence-electron chi connectivity index (χ1n) is 12.5. The molecule has 8 rings (SSSR count). The van der Waals surface area contributed by atoms with E-state index in [0.717, 1.165) is 38.7 Å². The van der Waals surface area contributed by atoms with E-state index in [1.165, 1.54) is 32.5 Å². The smallest absolute Gasteiger partial charge is 0.235 e. The van der Waals surface area contributed by atoms with Crippen LogP contribution in [0.4, 0.5) is 0 Å². The number of nitrogens with zero attached hydrogens (tertiary/aromatic N) is 3. The number of aromatic nitrogens is 4. The van der Waals surface area contributed by atoms with Crippen molar-refractivity contribution in [1.29, 1.82) is 0 Å². The second-order valence-corrected chi connectivity index (χ2v) is 9.65. The zero-order valence-electron chi connectivity index (χ0n) is 20.2. The maximum atomic E-state index is 5.25. The highest BCUT2D eigenvalue weighted by atomic mass is 15.2. The van der Waals surface area contributed by atoms with E-state index in [9.17, 15) is 0 Å². The van der Waals surface area contributed by atoms with Gasteiger partial charge in [0.25, 0.3) is 0 Å². The lowest BCUT2D eigenvalue weighted by molar-refractivity contribution is 1.02.